The molecule has 2 heterocycles. The van der Waals surface area contributed by atoms with Gasteiger partial charge in [0.1, 0.15) is 0 Å². The molecule has 3 rings (SSSR count). The van der Waals surface area contributed by atoms with Crippen LogP contribution in [0.2, 0.25) is 0 Å². The molecule has 1 aromatic heterocycles. The molecule has 7 nitrogen and oxygen atoms in total. The molecular weight excluding hydrogens is 376 g/mol. The highest BCUT2D eigenvalue weighted by Gasteiger charge is 2.17. The average Bonchev–Trinajstić information content (AvgIpc) is 3.10. The first kappa shape index (κ1) is 20.4. The number of fused-ring (bicyclic) bond motifs is 2. The fourth-order valence-electron chi connectivity index (χ4n) is 3.18. The Balaban J connectivity index is 1.82. The van der Waals surface area contributed by atoms with E-state index in [1.54, 1.807) is 0 Å². The van der Waals surface area contributed by atoms with Gasteiger partial charge in [-0.05, 0) is 30.8 Å². The number of benzene rings is 1. The van der Waals surface area contributed by atoms with Crippen LogP contribution < -0.4 is 25.2 Å². The standard InChI is InChI=1S/C20H28N4O3S/c1-4-6-21-20(28)24(8-5-7-23(2)3)12-15-9-14-10-17-18(27-13-26-17)11-16(14)22-19(15)25/h9-11H,4-8,12-13H2,1-3H3,(H,21,28)(H,22,25)/p+1. The monoisotopic (exact) mass is 405 g/mol. The van der Waals surface area contributed by atoms with Gasteiger partial charge in [-0.3, -0.25) is 4.79 Å². The van der Waals surface area contributed by atoms with E-state index in [-0.39, 0.29) is 12.4 Å². The van der Waals surface area contributed by atoms with Crippen molar-refractivity contribution in [3.8, 4) is 11.5 Å². The second-order valence-corrected chi connectivity index (χ2v) is 7.77. The third-order valence-corrected chi connectivity index (χ3v) is 5.10. The number of thiocarbonyl (C=S) groups is 1. The summed E-state index contributed by atoms with van der Waals surface area (Å²) >= 11 is 5.58. The molecule has 3 N–H and O–H groups in total. The molecule has 2 aromatic rings. The van der Waals surface area contributed by atoms with Gasteiger partial charge in [-0.2, -0.15) is 0 Å². The Kier molecular flexibility index (Phi) is 6.74. The highest BCUT2D eigenvalue weighted by molar-refractivity contribution is 7.80. The van der Waals surface area contributed by atoms with Crippen LogP contribution in [0.4, 0.5) is 0 Å². The minimum Gasteiger partial charge on any atom is -0.454 e. The van der Waals surface area contributed by atoms with E-state index in [2.05, 4.69) is 36.2 Å². The molecule has 0 saturated carbocycles. The van der Waals surface area contributed by atoms with E-state index in [1.807, 2.05) is 18.2 Å². The van der Waals surface area contributed by atoms with E-state index in [1.165, 1.54) is 4.90 Å². The Morgan fingerprint density at radius 3 is 2.75 bits per heavy atom. The Labute approximate surface area is 170 Å². The lowest BCUT2D eigenvalue weighted by molar-refractivity contribution is -0.858. The van der Waals surface area contributed by atoms with Crippen molar-refractivity contribution in [2.75, 3.05) is 40.5 Å². The Morgan fingerprint density at radius 2 is 2.04 bits per heavy atom. The topological polar surface area (TPSA) is 71.0 Å². The quantitative estimate of drug-likeness (QED) is 0.567. The zero-order chi connectivity index (χ0) is 20.1. The van der Waals surface area contributed by atoms with Crippen LogP contribution in [-0.4, -0.2) is 55.5 Å². The first-order valence-corrected chi connectivity index (χ1v) is 10.2. The number of aromatic nitrogens is 1. The number of H-pyrrole nitrogens is 1. The van der Waals surface area contributed by atoms with Crippen molar-refractivity contribution >= 4 is 28.2 Å². The van der Waals surface area contributed by atoms with Crippen molar-refractivity contribution in [2.24, 2.45) is 0 Å². The van der Waals surface area contributed by atoms with Crippen LogP contribution in [0, 0.1) is 0 Å². The fraction of sp³-hybridized carbons (Fsp3) is 0.500. The van der Waals surface area contributed by atoms with Crippen LogP contribution >= 0.6 is 12.2 Å². The zero-order valence-electron chi connectivity index (χ0n) is 16.8. The van der Waals surface area contributed by atoms with Crippen LogP contribution in [0.3, 0.4) is 0 Å². The predicted octanol–water partition coefficient (Wildman–Crippen LogP) is 0.878. The molecule has 1 aromatic carbocycles. The average molecular weight is 406 g/mol. The van der Waals surface area contributed by atoms with Crippen LogP contribution in [0.5, 0.6) is 11.5 Å². The first-order valence-electron chi connectivity index (χ1n) is 9.75. The number of pyridine rings is 1. The maximum absolute atomic E-state index is 12.7. The van der Waals surface area contributed by atoms with Crippen molar-refractivity contribution in [3.63, 3.8) is 0 Å². The van der Waals surface area contributed by atoms with Gasteiger partial charge in [0.25, 0.3) is 5.56 Å². The third kappa shape index (κ3) is 4.94. The van der Waals surface area contributed by atoms with E-state index in [4.69, 9.17) is 21.7 Å². The summed E-state index contributed by atoms with van der Waals surface area (Å²) < 4.78 is 10.9. The molecule has 0 aliphatic carbocycles. The molecule has 0 spiro atoms. The molecule has 1 aliphatic rings. The van der Waals surface area contributed by atoms with Gasteiger partial charge in [0.2, 0.25) is 6.79 Å². The van der Waals surface area contributed by atoms with Gasteiger partial charge in [0.05, 0.1) is 32.7 Å². The molecule has 1 aliphatic heterocycles. The van der Waals surface area contributed by atoms with E-state index >= 15 is 0 Å². The van der Waals surface area contributed by atoms with E-state index in [9.17, 15) is 4.79 Å². The van der Waals surface area contributed by atoms with Crippen molar-refractivity contribution in [1.29, 1.82) is 0 Å². The van der Waals surface area contributed by atoms with Crippen LogP contribution in [0.25, 0.3) is 10.9 Å². The summed E-state index contributed by atoms with van der Waals surface area (Å²) in [7, 11) is 4.27. The highest BCUT2D eigenvalue weighted by Crippen LogP contribution is 2.35. The summed E-state index contributed by atoms with van der Waals surface area (Å²) in [5, 5.41) is 4.90. The lowest BCUT2D eigenvalue weighted by Gasteiger charge is -2.26. The maximum Gasteiger partial charge on any atom is 0.253 e. The van der Waals surface area contributed by atoms with Gasteiger partial charge >= 0.3 is 0 Å². The molecule has 0 unspecified atom stereocenters. The van der Waals surface area contributed by atoms with Gasteiger partial charge in [0.15, 0.2) is 16.6 Å². The van der Waals surface area contributed by atoms with Crippen molar-refractivity contribution in [2.45, 2.75) is 26.3 Å². The molecule has 0 atom stereocenters. The van der Waals surface area contributed by atoms with Gasteiger partial charge in [-0.15, -0.1) is 0 Å². The largest absolute Gasteiger partial charge is 0.454 e. The molecule has 0 bridgehead atoms. The summed E-state index contributed by atoms with van der Waals surface area (Å²) in [5.74, 6) is 1.37. The lowest BCUT2D eigenvalue weighted by Crippen LogP contribution is -3.05. The fourth-order valence-corrected chi connectivity index (χ4v) is 3.44. The summed E-state index contributed by atoms with van der Waals surface area (Å²) in [6, 6.07) is 5.64. The minimum atomic E-state index is -0.104. The first-order chi connectivity index (χ1) is 13.5. The smallest absolute Gasteiger partial charge is 0.253 e. The number of ether oxygens (including phenoxy) is 2. The highest BCUT2D eigenvalue weighted by atomic mass is 32.1. The molecule has 0 radical (unpaired) electrons. The summed E-state index contributed by atoms with van der Waals surface area (Å²) in [6.07, 6.45) is 2.00. The normalized spacial score (nSPS) is 12.6. The molecule has 28 heavy (non-hydrogen) atoms. The Bertz CT molecular complexity index is 897. The van der Waals surface area contributed by atoms with Crippen LogP contribution in [0.15, 0.2) is 23.0 Å². The lowest BCUT2D eigenvalue weighted by atomic mass is 10.1. The minimum absolute atomic E-state index is 0.104. The van der Waals surface area contributed by atoms with Gasteiger partial charge in [-0.25, -0.2) is 0 Å². The van der Waals surface area contributed by atoms with Gasteiger partial charge in [-0.1, -0.05) is 6.92 Å². The number of hydrogen-bond donors (Lipinski definition) is 3. The number of nitrogens with zero attached hydrogens (tertiary/aromatic N) is 1. The number of rotatable bonds is 8. The Morgan fingerprint density at radius 1 is 1.29 bits per heavy atom. The third-order valence-electron chi connectivity index (χ3n) is 4.69. The Hall–Kier alpha value is -2.32. The zero-order valence-corrected chi connectivity index (χ0v) is 17.6. The van der Waals surface area contributed by atoms with Crippen molar-refractivity contribution in [1.82, 2.24) is 15.2 Å². The number of nitrogens with one attached hydrogen (secondary N) is 3. The van der Waals surface area contributed by atoms with Gasteiger partial charge < -0.3 is 29.6 Å². The van der Waals surface area contributed by atoms with E-state index < -0.39 is 0 Å². The second kappa shape index (κ2) is 9.25. The molecule has 0 amide bonds. The van der Waals surface area contributed by atoms with Crippen molar-refractivity contribution in [3.05, 3.63) is 34.1 Å². The number of quaternary nitrogens is 1. The summed E-state index contributed by atoms with van der Waals surface area (Å²) in [5.41, 5.74) is 1.32. The van der Waals surface area contributed by atoms with E-state index in [0.717, 1.165) is 43.4 Å². The molecule has 0 saturated heterocycles. The summed E-state index contributed by atoms with van der Waals surface area (Å²) in [4.78, 5) is 19.1. The number of hydrogen-bond acceptors (Lipinski definition) is 4. The number of aromatic amines is 1. The summed E-state index contributed by atoms with van der Waals surface area (Å²) in [6.45, 7) is 5.46. The van der Waals surface area contributed by atoms with Gasteiger partial charge in [0, 0.05) is 36.5 Å². The molecule has 152 valence electrons. The molecule has 0 fully saturated rings. The molecule has 8 heteroatoms. The van der Waals surface area contributed by atoms with E-state index in [0.29, 0.717) is 28.7 Å². The maximum atomic E-state index is 12.7. The van der Waals surface area contributed by atoms with Crippen molar-refractivity contribution < 1.29 is 14.4 Å². The molecular formula is C20H29N4O3S+. The second-order valence-electron chi connectivity index (χ2n) is 7.38. The SMILES string of the molecule is CCCNC(=S)N(CCC[NH+](C)C)Cc1cc2cc3c(cc2[nH]c1=O)OCO3. The predicted molar refractivity (Wildman–Crippen MR) is 114 cm³/mol. The van der Waals surface area contributed by atoms with Crippen LogP contribution in [0.1, 0.15) is 25.3 Å². The van der Waals surface area contributed by atoms with Crippen LogP contribution in [-0.2, 0) is 6.54 Å².